The Kier molecular flexibility index (Phi) is 12.7. The average molecular weight is 398 g/mol. The van der Waals surface area contributed by atoms with E-state index in [1.54, 1.807) is 6.92 Å². The molecule has 0 aromatic heterocycles. The largest absolute Gasteiger partial charge is 0.462 e. The van der Waals surface area contributed by atoms with Gasteiger partial charge in [0, 0.05) is 5.57 Å². The van der Waals surface area contributed by atoms with E-state index in [4.69, 9.17) is 4.74 Å². The van der Waals surface area contributed by atoms with Crippen LogP contribution < -0.4 is 0 Å². The van der Waals surface area contributed by atoms with Gasteiger partial charge in [0.05, 0.1) is 19.5 Å². The fourth-order valence-electron chi connectivity index (χ4n) is 1.43. The second-order valence-corrected chi connectivity index (χ2v) is 10.5. The van der Waals surface area contributed by atoms with Gasteiger partial charge in [-0.15, -0.1) is 0 Å². The summed E-state index contributed by atoms with van der Waals surface area (Å²) in [6.45, 7) is 5.75. The molecule has 18 heavy (non-hydrogen) atoms. The number of ether oxygens (including phenoxy) is 1. The summed E-state index contributed by atoms with van der Waals surface area (Å²) in [6.07, 6.45) is 7.26. The molecular weight excluding hydrogens is 376 g/mol. The van der Waals surface area contributed by atoms with Gasteiger partial charge in [0.2, 0.25) is 0 Å². The second-order valence-electron chi connectivity index (χ2n) is 4.29. The van der Waals surface area contributed by atoms with Crippen molar-refractivity contribution in [2.45, 2.75) is 54.9 Å². The van der Waals surface area contributed by atoms with Gasteiger partial charge in [0.15, 0.2) is 0 Å². The molecule has 0 fully saturated rings. The van der Waals surface area contributed by atoms with Crippen molar-refractivity contribution in [3.05, 3.63) is 12.2 Å². The van der Waals surface area contributed by atoms with E-state index < -0.39 is 0 Å². The first-order chi connectivity index (χ1) is 8.54. The van der Waals surface area contributed by atoms with Crippen molar-refractivity contribution >= 4 is 47.3 Å². The van der Waals surface area contributed by atoms with E-state index in [1.165, 1.54) is 31.7 Å². The van der Waals surface area contributed by atoms with Crippen LogP contribution in [0.15, 0.2) is 12.2 Å². The normalized spacial score (nSPS) is 10.7. The van der Waals surface area contributed by atoms with Crippen molar-refractivity contribution in [3.63, 3.8) is 0 Å². The molecule has 0 aromatic carbocycles. The van der Waals surface area contributed by atoms with Gasteiger partial charge in [-0.25, -0.2) is 4.79 Å². The minimum atomic E-state index is -0.268. The molecule has 2 nitrogen and oxygen atoms in total. The highest BCUT2D eigenvalue weighted by Crippen LogP contribution is 2.12. The molecule has 0 amide bonds. The SMILES string of the molecule is C=C(C)C(=O)OCCCCCCCC[Si]C(Br)Br. The van der Waals surface area contributed by atoms with Crippen LogP contribution >= 0.6 is 31.9 Å². The van der Waals surface area contributed by atoms with Crippen LogP contribution in [-0.4, -0.2) is 25.5 Å². The van der Waals surface area contributed by atoms with Gasteiger partial charge >= 0.3 is 5.97 Å². The first-order valence-corrected chi connectivity index (χ1v) is 9.49. The lowest BCUT2D eigenvalue weighted by Crippen LogP contribution is -2.06. The lowest BCUT2D eigenvalue weighted by Gasteiger charge is -2.04. The van der Waals surface area contributed by atoms with Gasteiger partial charge in [-0.3, -0.25) is 0 Å². The van der Waals surface area contributed by atoms with Crippen LogP contribution in [0.3, 0.4) is 0 Å². The van der Waals surface area contributed by atoms with E-state index >= 15 is 0 Å². The van der Waals surface area contributed by atoms with Crippen LogP contribution in [0.1, 0.15) is 45.4 Å². The minimum Gasteiger partial charge on any atom is -0.462 e. The Labute approximate surface area is 130 Å². The monoisotopic (exact) mass is 396 g/mol. The summed E-state index contributed by atoms with van der Waals surface area (Å²) in [6, 6.07) is 1.30. The molecule has 0 aromatic rings. The molecular formula is C13H22Br2O2Si. The van der Waals surface area contributed by atoms with Crippen molar-refractivity contribution in [3.8, 4) is 0 Å². The number of carbonyl (C=O) groups excluding carboxylic acids is 1. The van der Waals surface area contributed by atoms with E-state index in [9.17, 15) is 4.79 Å². The minimum absolute atomic E-state index is 0.268. The molecule has 104 valence electrons. The zero-order chi connectivity index (χ0) is 13.8. The Balaban J connectivity index is 3.12. The average Bonchev–Trinajstić information content (AvgIpc) is 2.30. The predicted molar refractivity (Wildman–Crippen MR) is 85.7 cm³/mol. The first-order valence-electron chi connectivity index (χ1n) is 6.38. The smallest absolute Gasteiger partial charge is 0.333 e. The summed E-state index contributed by atoms with van der Waals surface area (Å²) in [7, 11) is 0.963. The standard InChI is InChI=1S/C13H22Br2O2Si/c1-11(2)12(16)17-9-7-5-3-4-6-8-10-18-13(14)15/h13H,1,3-10H2,2H3. The van der Waals surface area contributed by atoms with E-state index in [2.05, 4.69) is 38.4 Å². The Morgan fingerprint density at radius 3 is 2.28 bits per heavy atom. The maximum Gasteiger partial charge on any atom is 0.333 e. The first kappa shape index (κ1) is 18.4. The number of alkyl halides is 2. The zero-order valence-corrected chi connectivity index (χ0v) is 15.2. The molecule has 0 aliphatic rings. The maximum atomic E-state index is 11.1. The Morgan fingerprint density at radius 2 is 1.72 bits per heavy atom. The van der Waals surface area contributed by atoms with Crippen LogP contribution in [-0.2, 0) is 9.53 Å². The third-order valence-corrected chi connectivity index (χ3v) is 5.34. The lowest BCUT2D eigenvalue weighted by atomic mass is 10.1. The number of hydrogen-bond donors (Lipinski definition) is 0. The van der Waals surface area contributed by atoms with Gasteiger partial charge in [-0.05, 0) is 13.3 Å². The van der Waals surface area contributed by atoms with Gasteiger partial charge in [-0.1, -0.05) is 76.6 Å². The Hall–Kier alpha value is 0.387. The Morgan fingerprint density at radius 1 is 1.17 bits per heavy atom. The summed E-state index contributed by atoms with van der Waals surface area (Å²) >= 11 is 6.98. The zero-order valence-electron chi connectivity index (χ0n) is 11.0. The molecule has 0 aliphatic heterocycles. The highest BCUT2D eigenvalue weighted by Gasteiger charge is 2.02. The number of unbranched alkanes of at least 4 members (excludes halogenated alkanes) is 5. The quantitative estimate of drug-likeness (QED) is 0.167. The van der Waals surface area contributed by atoms with Crippen LogP contribution in [0, 0.1) is 0 Å². The summed E-state index contributed by atoms with van der Waals surface area (Å²) < 4.78 is 5.52. The highest BCUT2D eigenvalue weighted by atomic mass is 79.9. The molecule has 0 N–H and O–H groups in total. The third-order valence-electron chi connectivity index (χ3n) is 2.45. The summed E-state index contributed by atoms with van der Waals surface area (Å²) in [5.41, 5.74) is 0.479. The van der Waals surface area contributed by atoms with Gasteiger partial charge < -0.3 is 4.74 Å². The van der Waals surface area contributed by atoms with E-state index in [0.29, 0.717) is 15.5 Å². The van der Waals surface area contributed by atoms with E-state index in [0.717, 1.165) is 22.4 Å². The predicted octanol–water partition coefficient (Wildman–Crippen LogP) is 4.64. The number of hydrogen-bond acceptors (Lipinski definition) is 2. The molecule has 5 heteroatoms. The van der Waals surface area contributed by atoms with Crippen molar-refractivity contribution < 1.29 is 9.53 Å². The number of carbonyl (C=O) groups is 1. The highest BCUT2D eigenvalue weighted by molar-refractivity contribution is 9.25. The fraction of sp³-hybridized carbons (Fsp3) is 0.769. The summed E-state index contributed by atoms with van der Waals surface area (Å²) in [5.74, 6) is -0.268. The molecule has 0 atom stereocenters. The molecule has 0 unspecified atom stereocenters. The van der Waals surface area contributed by atoms with Crippen LogP contribution in [0.25, 0.3) is 0 Å². The van der Waals surface area contributed by atoms with Gasteiger partial charge in [-0.2, -0.15) is 0 Å². The van der Waals surface area contributed by atoms with Crippen LogP contribution in [0.4, 0.5) is 0 Å². The van der Waals surface area contributed by atoms with E-state index in [-0.39, 0.29) is 5.97 Å². The van der Waals surface area contributed by atoms with Crippen LogP contribution in [0.2, 0.25) is 6.04 Å². The van der Waals surface area contributed by atoms with Crippen molar-refractivity contribution in [2.75, 3.05) is 6.61 Å². The topological polar surface area (TPSA) is 26.3 Å². The van der Waals surface area contributed by atoms with Gasteiger partial charge in [0.1, 0.15) is 0 Å². The molecule has 0 saturated carbocycles. The van der Waals surface area contributed by atoms with Crippen LogP contribution in [0.5, 0.6) is 0 Å². The molecule has 0 saturated heterocycles. The maximum absolute atomic E-state index is 11.1. The lowest BCUT2D eigenvalue weighted by molar-refractivity contribution is -0.139. The second kappa shape index (κ2) is 12.4. The fourth-order valence-corrected chi connectivity index (χ4v) is 3.48. The number of esters is 1. The number of halogens is 2. The van der Waals surface area contributed by atoms with Crippen molar-refractivity contribution in [2.24, 2.45) is 0 Å². The number of rotatable bonds is 11. The van der Waals surface area contributed by atoms with Crippen molar-refractivity contribution in [1.29, 1.82) is 0 Å². The van der Waals surface area contributed by atoms with E-state index in [1.807, 2.05) is 0 Å². The molecule has 2 radical (unpaired) electrons. The molecule has 0 bridgehead atoms. The molecule has 0 heterocycles. The summed E-state index contributed by atoms with van der Waals surface area (Å²) in [4.78, 5) is 11.1. The molecule has 0 rings (SSSR count). The molecule has 0 spiro atoms. The van der Waals surface area contributed by atoms with Crippen molar-refractivity contribution in [1.82, 2.24) is 0 Å². The third kappa shape index (κ3) is 12.8. The Bertz CT molecular complexity index is 245. The summed E-state index contributed by atoms with van der Waals surface area (Å²) in [5, 5.41) is 0. The van der Waals surface area contributed by atoms with Gasteiger partial charge in [0.25, 0.3) is 0 Å². The molecule has 0 aliphatic carbocycles.